The van der Waals surface area contributed by atoms with E-state index < -0.39 is 0 Å². The molecular formula is C16H24N2O2. The fraction of sp³-hybridized carbons (Fsp3) is 0.688. The van der Waals surface area contributed by atoms with Crippen LogP contribution in [-0.4, -0.2) is 29.4 Å². The molecular weight excluding hydrogens is 252 g/mol. The van der Waals surface area contributed by atoms with Crippen molar-refractivity contribution < 1.29 is 9.21 Å². The molecule has 1 aromatic rings. The molecule has 0 radical (unpaired) electrons. The molecule has 2 heterocycles. The van der Waals surface area contributed by atoms with Crippen molar-refractivity contribution >= 4 is 5.91 Å². The average Bonchev–Trinajstić information content (AvgIpc) is 3.19. The zero-order valence-corrected chi connectivity index (χ0v) is 12.4. The van der Waals surface area contributed by atoms with E-state index in [9.17, 15) is 4.79 Å². The second-order valence-corrected chi connectivity index (χ2v) is 6.29. The first-order valence-corrected chi connectivity index (χ1v) is 7.72. The summed E-state index contributed by atoms with van der Waals surface area (Å²) >= 11 is 0. The first-order valence-electron chi connectivity index (χ1n) is 7.72. The number of aryl methyl sites for hydroxylation is 1. The SMILES string of the molecule is Cc1ccc(CN(C(=O)C2CCNC(C)C2)C2CC2)o1. The van der Waals surface area contributed by atoms with Crippen LogP contribution in [0.5, 0.6) is 0 Å². The van der Waals surface area contributed by atoms with Gasteiger partial charge in [-0.3, -0.25) is 4.79 Å². The molecule has 1 aromatic heterocycles. The third-order valence-electron chi connectivity index (χ3n) is 4.37. The van der Waals surface area contributed by atoms with E-state index in [0.29, 0.717) is 24.5 Å². The summed E-state index contributed by atoms with van der Waals surface area (Å²) in [4.78, 5) is 14.8. The largest absolute Gasteiger partial charge is 0.464 e. The molecule has 2 atom stereocenters. The van der Waals surface area contributed by atoms with Crippen molar-refractivity contribution in [2.24, 2.45) is 5.92 Å². The molecule has 0 bridgehead atoms. The first-order chi connectivity index (χ1) is 9.63. The minimum atomic E-state index is 0.183. The van der Waals surface area contributed by atoms with E-state index in [4.69, 9.17) is 4.42 Å². The summed E-state index contributed by atoms with van der Waals surface area (Å²) < 4.78 is 5.64. The third-order valence-corrected chi connectivity index (χ3v) is 4.37. The van der Waals surface area contributed by atoms with Crippen molar-refractivity contribution in [1.29, 1.82) is 0 Å². The summed E-state index contributed by atoms with van der Waals surface area (Å²) in [5, 5.41) is 3.41. The van der Waals surface area contributed by atoms with Gasteiger partial charge in [0.1, 0.15) is 11.5 Å². The molecule has 0 spiro atoms. The number of nitrogens with one attached hydrogen (secondary N) is 1. The maximum absolute atomic E-state index is 12.8. The van der Waals surface area contributed by atoms with E-state index >= 15 is 0 Å². The second kappa shape index (κ2) is 5.60. The molecule has 4 nitrogen and oxygen atoms in total. The van der Waals surface area contributed by atoms with E-state index in [2.05, 4.69) is 17.1 Å². The van der Waals surface area contributed by atoms with Gasteiger partial charge in [0.15, 0.2) is 0 Å². The Balaban J connectivity index is 1.68. The van der Waals surface area contributed by atoms with Crippen molar-refractivity contribution in [1.82, 2.24) is 10.2 Å². The van der Waals surface area contributed by atoms with Crippen LogP contribution in [-0.2, 0) is 11.3 Å². The monoisotopic (exact) mass is 276 g/mol. The Kier molecular flexibility index (Phi) is 3.83. The minimum absolute atomic E-state index is 0.183. The van der Waals surface area contributed by atoms with Gasteiger partial charge in [-0.05, 0) is 58.2 Å². The smallest absolute Gasteiger partial charge is 0.226 e. The lowest BCUT2D eigenvalue weighted by Gasteiger charge is -2.32. The molecule has 0 aromatic carbocycles. The van der Waals surface area contributed by atoms with E-state index in [1.807, 2.05) is 19.1 Å². The molecule has 1 saturated heterocycles. The molecule has 4 heteroatoms. The number of carbonyl (C=O) groups is 1. The fourth-order valence-corrected chi connectivity index (χ4v) is 3.10. The van der Waals surface area contributed by atoms with Crippen molar-refractivity contribution in [3.63, 3.8) is 0 Å². The van der Waals surface area contributed by atoms with Gasteiger partial charge in [-0.2, -0.15) is 0 Å². The van der Waals surface area contributed by atoms with Crippen LogP contribution in [0.2, 0.25) is 0 Å². The zero-order valence-electron chi connectivity index (χ0n) is 12.4. The van der Waals surface area contributed by atoms with E-state index in [-0.39, 0.29) is 5.92 Å². The number of hydrogen-bond donors (Lipinski definition) is 1. The van der Waals surface area contributed by atoms with Crippen LogP contribution >= 0.6 is 0 Å². The molecule has 1 N–H and O–H groups in total. The van der Waals surface area contributed by atoms with Gasteiger partial charge < -0.3 is 14.6 Å². The lowest BCUT2D eigenvalue weighted by atomic mass is 9.92. The molecule has 1 aliphatic carbocycles. The molecule has 2 fully saturated rings. The van der Waals surface area contributed by atoms with Gasteiger partial charge in [0, 0.05) is 18.0 Å². The Bertz CT molecular complexity index is 479. The van der Waals surface area contributed by atoms with E-state index in [1.165, 1.54) is 0 Å². The lowest BCUT2D eigenvalue weighted by Crippen LogP contribution is -2.44. The molecule has 1 aliphatic heterocycles. The van der Waals surface area contributed by atoms with Crippen molar-refractivity contribution in [3.8, 4) is 0 Å². The van der Waals surface area contributed by atoms with Crippen molar-refractivity contribution in [3.05, 3.63) is 23.7 Å². The Morgan fingerprint density at radius 3 is 2.80 bits per heavy atom. The first kappa shape index (κ1) is 13.7. The summed E-state index contributed by atoms with van der Waals surface area (Å²) in [6.07, 6.45) is 4.21. The van der Waals surface area contributed by atoms with Crippen LogP contribution in [0.1, 0.15) is 44.1 Å². The molecule has 20 heavy (non-hydrogen) atoms. The van der Waals surface area contributed by atoms with Gasteiger partial charge in [0.05, 0.1) is 6.54 Å². The minimum Gasteiger partial charge on any atom is -0.464 e. The number of amides is 1. The zero-order chi connectivity index (χ0) is 14.1. The Morgan fingerprint density at radius 1 is 1.40 bits per heavy atom. The van der Waals surface area contributed by atoms with Crippen LogP contribution in [0.15, 0.2) is 16.5 Å². The second-order valence-electron chi connectivity index (χ2n) is 6.29. The highest BCUT2D eigenvalue weighted by atomic mass is 16.3. The summed E-state index contributed by atoms with van der Waals surface area (Å²) in [5.74, 6) is 2.33. The van der Waals surface area contributed by atoms with E-state index in [0.717, 1.165) is 43.7 Å². The highest BCUT2D eigenvalue weighted by molar-refractivity contribution is 5.79. The normalized spacial score (nSPS) is 26.5. The van der Waals surface area contributed by atoms with Crippen LogP contribution in [0.25, 0.3) is 0 Å². The number of piperidine rings is 1. The molecule has 2 aliphatic rings. The average molecular weight is 276 g/mol. The quantitative estimate of drug-likeness (QED) is 0.919. The van der Waals surface area contributed by atoms with Crippen LogP contribution in [0.4, 0.5) is 0 Å². The summed E-state index contributed by atoms with van der Waals surface area (Å²) in [6, 6.07) is 4.85. The number of hydrogen-bond acceptors (Lipinski definition) is 3. The third kappa shape index (κ3) is 3.06. The summed E-state index contributed by atoms with van der Waals surface area (Å²) in [6.45, 7) is 5.70. The molecule has 3 rings (SSSR count). The Hall–Kier alpha value is -1.29. The fourth-order valence-electron chi connectivity index (χ4n) is 3.10. The lowest BCUT2D eigenvalue weighted by molar-refractivity contribution is -0.138. The number of furan rings is 1. The van der Waals surface area contributed by atoms with Gasteiger partial charge in [-0.25, -0.2) is 0 Å². The standard InChI is InChI=1S/C16H24N2O2/c1-11-9-13(7-8-17-11)16(19)18(14-4-5-14)10-15-6-3-12(2)20-15/h3,6,11,13-14,17H,4-5,7-10H2,1-2H3. The number of nitrogens with zero attached hydrogens (tertiary/aromatic N) is 1. The van der Waals surface area contributed by atoms with Crippen LogP contribution in [0, 0.1) is 12.8 Å². The highest BCUT2D eigenvalue weighted by Crippen LogP contribution is 2.32. The number of carbonyl (C=O) groups excluding carboxylic acids is 1. The maximum Gasteiger partial charge on any atom is 0.226 e. The summed E-state index contributed by atoms with van der Waals surface area (Å²) in [5.41, 5.74) is 0. The molecule has 2 unspecified atom stereocenters. The van der Waals surface area contributed by atoms with Crippen molar-refractivity contribution in [2.45, 2.75) is 58.2 Å². The molecule has 1 saturated carbocycles. The predicted octanol–water partition coefficient (Wildman–Crippen LogP) is 2.47. The van der Waals surface area contributed by atoms with Gasteiger partial charge in [0.2, 0.25) is 5.91 Å². The van der Waals surface area contributed by atoms with Gasteiger partial charge in [-0.1, -0.05) is 0 Å². The van der Waals surface area contributed by atoms with Gasteiger partial charge >= 0.3 is 0 Å². The van der Waals surface area contributed by atoms with Crippen molar-refractivity contribution in [2.75, 3.05) is 6.54 Å². The van der Waals surface area contributed by atoms with Crippen LogP contribution < -0.4 is 5.32 Å². The van der Waals surface area contributed by atoms with Gasteiger partial charge in [-0.15, -0.1) is 0 Å². The Morgan fingerprint density at radius 2 is 2.20 bits per heavy atom. The summed E-state index contributed by atoms with van der Waals surface area (Å²) in [7, 11) is 0. The maximum atomic E-state index is 12.8. The van der Waals surface area contributed by atoms with Gasteiger partial charge in [0.25, 0.3) is 0 Å². The number of rotatable bonds is 4. The predicted molar refractivity (Wildman–Crippen MR) is 77.2 cm³/mol. The highest BCUT2D eigenvalue weighted by Gasteiger charge is 2.37. The Labute approximate surface area is 120 Å². The topological polar surface area (TPSA) is 45.5 Å². The van der Waals surface area contributed by atoms with Crippen LogP contribution in [0.3, 0.4) is 0 Å². The van der Waals surface area contributed by atoms with E-state index in [1.54, 1.807) is 0 Å². The molecule has 1 amide bonds. The molecule has 110 valence electrons.